The molecule has 26 heavy (non-hydrogen) atoms. The Morgan fingerprint density at radius 1 is 1.08 bits per heavy atom. The molecule has 0 aliphatic rings. The molecule has 0 aliphatic carbocycles. The lowest BCUT2D eigenvalue weighted by Gasteiger charge is -2.22. The lowest BCUT2D eigenvalue weighted by molar-refractivity contribution is 0.866. The van der Waals surface area contributed by atoms with Crippen LogP contribution in [0, 0.1) is 6.92 Å². The van der Waals surface area contributed by atoms with E-state index < -0.39 is 0 Å². The highest BCUT2D eigenvalue weighted by molar-refractivity contribution is 5.63. The monoisotopic (exact) mass is 347 g/mol. The summed E-state index contributed by atoms with van der Waals surface area (Å²) in [5.41, 5.74) is 4.56. The van der Waals surface area contributed by atoms with Crippen LogP contribution in [-0.4, -0.2) is 21.7 Å². The van der Waals surface area contributed by atoms with Gasteiger partial charge in [-0.15, -0.1) is 5.10 Å². The molecule has 2 aromatic carbocycles. The second-order valence-corrected chi connectivity index (χ2v) is 6.59. The van der Waals surface area contributed by atoms with Crippen molar-refractivity contribution in [2.45, 2.75) is 33.6 Å². The zero-order chi connectivity index (χ0) is 18.5. The van der Waals surface area contributed by atoms with Gasteiger partial charge in [-0.1, -0.05) is 44.2 Å². The van der Waals surface area contributed by atoms with E-state index in [0.29, 0.717) is 11.9 Å². The number of rotatable bonds is 6. The van der Waals surface area contributed by atoms with Gasteiger partial charge in [0, 0.05) is 17.9 Å². The van der Waals surface area contributed by atoms with Crippen LogP contribution in [-0.2, 0) is 0 Å². The number of nitrogens with zero attached hydrogens (tertiary/aromatic N) is 4. The molecule has 1 heterocycles. The average molecular weight is 347 g/mol. The highest BCUT2D eigenvalue weighted by Gasteiger charge is 2.12. The zero-order valence-corrected chi connectivity index (χ0v) is 15.8. The Morgan fingerprint density at radius 2 is 1.88 bits per heavy atom. The second-order valence-electron chi connectivity index (χ2n) is 6.59. The minimum atomic E-state index is 0.411. The Morgan fingerprint density at radius 3 is 2.62 bits per heavy atom. The van der Waals surface area contributed by atoms with Crippen LogP contribution in [0.3, 0.4) is 0 Å². The van der Waals surface area contributed by atoms with Gasteiger partial charge in [0.2, 0.25) is 5.95 Å². The molecule has 0 amide bonds. The number of benzene rings is 2. The first-order chi connectivity index (χ1) is 12.6. The van der Waals surface area contributed by atoms with Gasteiger partial charge in [-0.25, -0.2) is 0 Å². The Balaban J connectivity index is 1.91. The summed E-state index contributed by atoms with van der Waals surface area (Å²) in [4.78, 5) is 6.81. The molecule has 0 fully saturated rings. The largest absolute Gasteiger partial charge is 0.325 e. The minimum Gasteiger partial charge on any atom is -0.325 e. The lowest BCUT2D eigenvalue weighted by atomic mass is 10.0. The second kappa shape index (κ2) is 7.95. The van der Waals surface area contributed by atoms with E-state index >= 15 is 0 Å². The van der Waals surface area contributed by atoms with E-state index in [1.165, 1.54) is 11.1 Å². The summed E-state index contributed by atoms with van der Waals surface area (Å²) in [7, 11) is 0. The Labute approximate surface area is 155 Å². The summed E-state index contributed by atoms with van der Waals surface area (Å²) in [5.74, 6) is 1.69. The standard InChI is InChI=1S/C21H25N5/c1-5-26(17-10-8-9-16(4)13-17)20-14-22-25-21(24-20)23-19-12-7-6-11-18(19)15(2)3/h6-15H,5H2,1-4H3,(H,23,24,25). The molecule has 1 aromatic heterocycles. The molecule has 5 heteroatoms. The van der Waals surface area contributed by atoms with E-state index in [4.69, 9.17) is 0 Å². The van der Waals surface area contributed by atoms with E-state index in [9.17, 15) is 0 Å². The van der Waals surface area contributed by atoms with Crippen molar-refractivity contribution in [2.75, 3.05) is 16.8 Å². The molecule has 0 spiro atoms. The fourth-order valence-corrected chi connectivity index (χ4v) is 2.99. The summed E-state index contributed by atoms with van der Waals surface area (Å²) in [6, 6.07) is 16.6. The molecule has 0 saturated carbocycles. The topological polar surface area (TPSA) is 53.9 Å². The van der Waals surface area contributed by atoms with Gasteiger partial charge in [-0.2, -0.15) is 10.1 Å². The first-order valence-corrected chi connectivity index (χ1v) is 8.98. The number of hydrogen-bond donors (Lipinski definition) is 1. The minimum absolute atomic E-state index is 0.411. The van der Waals surface area contributed by atoms with Gasteiger partial charge in [0.15, 0.2) is 5.82 Å². The number of anilines is 4. The van der Waals surface area contributed by atoms with Gasteiger partial charge in [0.1, 0.15) is 0 Å². The Hall–Kier alpha value is -2.95. The Kier molecular flexibility index (Phi) is 5.46. The molecule has 3 aromatic rings. The molecule has 0 unspecified atom stereocenters. The number of nitrogens with one attached hydrogen (secondary N) is 1. The molecule has 0 aliphatic heterocycles. The molecule has 134 valence electrons. The molecule has 5 nitrogen and oxygen atoms in total. The maximum Gasteiger partial charge on any atom is 0.249 e. The van der Waals surface area contributed by atoms with Crippen molar-refractivity contribution >= 4 is 23.1 Å². The smallest absolute Gasteiger partial charge is 0.249 e. The van der Waals surface area contributed by atoms with Crippen molar-refractivity contribution in [1.29, 1.82) is 0 Å². The van der Waals surface area contributed by atoms with Crippen LogP contribution in [0.25, 0.3) is 0 Å². The van der Waals surface area contributed by atoms with Crippen molar-refractivity contribution in [3.05, 3.63) is 65.9 Å². The van der Waals surface area contributed by atoms with Crippen LogP contribution in [0.5, 0.6) is 0 Å². The van der Waals surface area contributed by atoms with Gasteiger partial charge >= 0.3 is 0 Å². The van der Waals surface area contributed by atoms with Crippen LogP contribution in [0.1, 0.15) is 37.8 Å². The fourth-order valence-electron chi connectivity index (χ4n) is 2.99. The molecule has 3 rings (SSSR count). The maximum atomic E-state index is 4.69. The predicted molar refractivity (Wildman–Crippen MR) is 107 cm³/mol. The summed E-state index contributed by atoms with van der Waals surface area (Å²) >= 11 is 0. The van der Waals surface area contributed by atoms with E-state index in [1.54, 1.807) is 6.20 Å². The van der Waals surface area contributed by atoms with E-state index in [1.807, 2.05) is 18.2 Å². The number of aromatic nitrogens is 3. The zero-order valence-electron chi connectivity index (χ0n) is 15.8. The first kappa shape index (κ1) is 17.9. The third-order valence-electron chi connectivity index (χ3n) is 4.28. The molecular formula is C21H25N5. The van der Waals surface area contributed by atoms with Gasteiger partial charge in [0.25, 0.3) is 0 Å². The van der Waals surface area contributed by atoms with Crippen molar-refractivity contribution in [1.82, 2.24) is 15.2 Å². The van der Waals surface area contributed by atoms with Gasteiger partial charge in [-0.3, -0.25) is 0 Å². The van der Waals surface area contributed by atoms with Crippen LogP contribution in [0.15, 0.2) is 54.7 Å². The molecule has 1 N–H and O–H groups in total. The summed E-state index contributed by atoms with van der Waals surface area (Å²) in [5, 5.41) is 11.6. The summed E-state index contributed by atoms with van der Waals surface area (Å²) in [6.45, 7) is 9.33. The lowest BCUT2D eigenvalue weighted by Crippen LogP contribution is -2.18. The van der Waals surface area contributed by atoms with Crippen molar-refractivity contribution in [3.63, 3.8) is 0 Å². The molecule has 0 atom stereocenters. The third-order valence-corrected chi connectivity index (χ3v) is 4.28. The maximum absolute atomic E-state index is 4.69. The van der Waals surface area contributed by atoms with Crippen molar-refractivity contribution in [2.24, 2.45) is 0 Å². The fraction of sp³-hybridized carbons (Fsp3) is 0.286. The molecule has 0 radical (unpaired) electrons. The van der Waals surface area contributed by atoms with Gasteiger partial charge in [-0.05, 0) is 49.1 Å². The number of aryl methyl sites for hydroxylation is 1. The Bertz CT molecular complexity index is 876. The summed E-state index contributed by atoms with van der Waals surface area (Å²) in [6.07, 6.45) is 1.70. The van der Waals surface area contributed by atoms with Crippen LogP contribution in [0.4, 0.5) is 23.1 Å². The van der Waals surface area contributed by atoms with E-state index in [2.05, 4.69) is 83.4 Å². The van der Waals surface area contributed by atoms with Gasteiger partial charge in [0.05, 0.1) is 6.20 Å². The number of para-hydroxylation sites is 1. The summed E-state index contributed by atoms with van der Waals surface area (Å²) < 4.78 is 0. The normalized spacial score (nSPS) is 10.8. The number of hydrogen-bond acceptors (Lipinski definition) is 5. The molecule has 0 bridgehead atoms. The van der Waals surface area contributed by atoms with Crippen molar-refractivity contribution < 1.29 is 0 Å². The predicted octanol–water partition coefficient (Wildman–Crippen LogP) is 5.21. The quantitative estimate of drug-likeness (QED) is 0.664. The van der Waals surface area contributed by atoms with E-state index in [0.717, 1.165) is 23.7 Å². The van der Waals surface area contributed by atoms with Crippen LogP contribution >= 0.6 is 0 Å². The first-order valence-electron chi connectivity index (χ1n) is 8.98. The molecule has 0 saturated heterocycles. The SMILES string of the molecule is CCN(c1cccc(C)c1)c1cnnc(Nc2ccccc2C(C)C)n1. The average Bonchev–Trinajstić information content (AvgIpc) is 2.63. The highest BCUT2D eigenvalue weighted by atomic mass is 15.3. The highest BCUT2D eigenvalue weighted by Crippen LogP contribution is 2.27. The van der Waals surface area contributed by atoms with Crippen LogP contribution < -0.4 is 10.2 Å². The van der Waals surface area contributed by atoms with Crippen molar-refractivity contribution in [3.8, 4) is 0 Å². The molecular weight excluding hydrogens is 322 g/mol. The van der Waals surface area contributed by atoms with Gasteiger partial charge < -0.3 is 10.2 Å². The van der Waals surface area contributed by atoms with E-state index in [-0.39, 0.29) is 0 Å². The van der Waals surface area contributed by atoms with Crippen LogP contribution in [0.2, 0.25) is 0 Å². The third kappa shape index (κ3) is 3.99.